The normalized spacial score (nSPS) is 14.7. The highest BCUT2D eigenvalue weighted by molar-refractivity contribution is 7.09. The fraction of sp³-hybridized carbons (Fsp3) is 0.389. The molecule has 0 saturated carbocycles. The van der Waals surface area contributed by atoms with Gasteiger partial charge in [-0.1, -0.05) is 6.92 Å². The summed E-state index contributed by atoms with van der Waals surface area (Å²) in [5.41, 5.74) is 2.36. The lowest BCUT2D eigenvalue weighted by Crippen LogP contribution is -2.46. The number of anilines is 1. The van der Waals surface area contributed by atoms with Crippen molar-refractivity contribution in [3.05, 3.63) is 28.6 Å². The molecule has 3 rings (SSSR count). The maximum absolute atomic E-state index is 12.3. The van der Waals surface area contributed by atoms with E-state index in [4.69, 9.17) is 4.74 Å². The van der Waals surface area contributed by atoms with Crippen molar-refractivity contribution >= 4 is 28.8 Å². The number of amides is 2. The molecule has 0 saturated heterocycles. The van der Waals surface area contributed by atoms with Crippen molar-refractivity contribution in [2.75, 3.05) is 18.1 Å². The molecule has 0 fully saturated rings. The summed E-state index contributed by atoms with van der Waals surface area (Å²) in [7, 11) is 0. The van der Waals surface area contributed by atoms with Crippen molar-refractivity contribution in [1.29, 1.82) is 0 Å². The zero-order valence-electron chi connectivity index (χ0n) is 14.5. The molecule has 2 heterocycles. The number of fused-ring (bicyclic) bond motifs is 1. The van der Waals surface area contributed by atoms with Crippen molar-refractivity contribution in [2.24, 2.45) is 0 Å². The van der Waals surface area contributed by atoms with Crippen LogP contribution < -0.4 is 15.0 Å². The standard InChI is InChI=1S/C18H21N3O3S/c1-4-11(2)19-17(22)8-21-15-7-13(14-10-25-12(3)20-14)5-6-16(15)24-9-18(21)23/h5-7,10-11H,4,8-9H2,1-3H3,(H,19,22). The summed E-state index contributed by atoms with van der Waals surface area (Å²) in [6.07, 6.45) is 0.840. The Kier molecular flexibility index (Phi) is 5.03. The highest BCUT2D eigenvalue weighted by atomic mass is 32.1. The Bertz CT molecular complexity index is 803. The van der Waals surface area contributed by atoms with E-state index in [1.54, 1.807) is 11.3 Å². The van der Waals surface area contributed by atoms with Gasteiger partial charge >= 0.3 is 0 Å². The first kappa shape index (κ1) is 17.4. The quantitative estimate of drug-likeness (QED) is 0.891. The van der Waals surface area contributed by atoms with Crippen LogP contribution in [0.3, 0.4) is 0 Å². The van der Waals surface area contributed by atoms with Crippen molar-refractivity contribution < 1.29 is 14.3 Å². The zero-order chi connectivity index (χ0) is 18.0. The number of rotatable bonds is 5. The first-order valence-corrected chi connectivity index (χ1v) is 9.15. The van der Waals surface area contributed by atoms with Gasteiger partial charge in [-0.25, -0.2) is 4.98 Å². The second-order valence-electron chi connectivity index (χ2n) is 6.08. The van der Waals surface area contributed by atoms with Crippen molar-refractivity contribution in [3.8, 4) is 17.0 Å². The minimum atomic E-state index is -0.224. The second-order valence-corrected chi connectivity index (χ2v) is 7.14. The summed E-state index contributed by atoms with van der Waals surface area (Å²) in [4.78, 5) is 30.5. The molecule has 7 heteroatoms. The Labute approximate surface area is 150 Å². The number of nitrogens with zero attached hydrogens (tertiary/aromatic N) is 2. The number of ether oxygens (including phenoxy) is 1. The van der Waals surface area contributed by atoms with E-state index in [2.05, 4.69) is 10.3 Å². The molecule has 2 aromatic rings. The predicted molar refractivity (Wildman–Crippen MR) is 98.0 cm³/mol. The SMILES string of the molecule is CCC(C)NC(=O)CN1C(=O)COc2ccc(-c3csc(C)n3)cc21. The maximum atomic E-state index is 12.3. The molecule has 6 nitrogen and oxygen atoms in total. The van der Waals surface area contributed by atoms with Gasteiger partial charge in [0.1, 0.15) is 12.3 Å². The lowest BCUT2D eigenvalue weighted by atomic mass is 10.1. The Morgan fingerprint density at radius 2 is 2.28 bits per heavy atom. The molecular weight excluding hydrogens is 338 g/mol. The van der Waals surface area contributed by atoms with Gasteiger partial charge < -0.3 is 10.1 Å². The molecule has 1 aromatic carbocycles. The highest BCUT2D eigenvalue weighted by Crippen LogP contribution is 2.36. The molecule has 1 atom stereocenters. The summed E-state index contributed by atoms with van der Waals surface area (Å²) in [5.74, 6) is 0.204. The third-order valence-corrected chi connectivity index (χ3v) is 4.91. The van der Waals surface area contributed by atoms with Crippen molar-refractivity contribution in [3.63, 3.8) is 0 Å². The van der Waals surface area contributed by atoms with Gasteiger partial charge in [-0.05, 0) is 38.5 Å². The summed E-state index contributed by atoms with van der Waals surface area (Å²) in [5, 5.41) is 5.84. The van der Waals surface area contributed by atoms with E-state index >= 15 is 0 Å². The van der Waals surface area contributed by atoms with Gasteiger partial charge in [-0.15, -0.1) is 11.3 Å². The molecule has 0 radical (unpaired) electrons. The molecule has 2 amide bonds. The van der Waals surface area contributed by atoms with Crippen LogP contribution in [-0.2, 0) is 9.59 Å². The number of carbonyl (C=O) groups excluding carboxylic acids is 2. The molecule has 0 bridgehead atoms. The number of benzene rings is 1. The molecule has 0 spiro atoms. The summed E-state index contributed by atoms with van der Waals surface area (Å²) >= 11 is 1.57. The lowest BCUT2D eigenvalue weighted by Gasteiger charge is -2.29. The van der Waals surface area contributed by atoms with Gasteiger partial charge in [-0.3, -0.25) is 14.5 Å². The van der Waals surface area contributed by atoms with E-state index < -0.39 is 0 Å². The van der Waals surface area contributed by atoms with Gasteiger partial charge in [-0.2, -0.15) is 0 Å². The minimum Gasteiger partial charge on any atom is -0.482 e. The maximum Gasteiger partial charge on any atom is 0.265 e. The van der Waals surface area contributed by atoms with Crippen LogP contribution in [0.15, 0.2) is 23.6 Å². The third-order valence-electron chi connectivity index (χ3n) is 4.14. The minimum absolute atomic E-state index is 0.0148. The van der Waals surface area contributed by atoms with Crippen LogP contribution in [0.4, 0.5) is 5.69 Å². The van der Waals surface area contributed by atoms with Crippen molar-refractivity contribution in [2.45, 2.75) is 33.2 Å². The number of thiazole rings is 1. The Morgan fingerprint density at radius 1 is 1.48 bits per heavy atom. The second kappa shape index (κ2) is 7.23. The molecular formula is C18H21N3O3S. The van der Waals surface area contributed by atoms with Gasteiger partial charge in [0, 0.05) is 17.0 Å². The smallest absolute Gasteiger partial charge is 0.265 e. The van der Waals surface area contributed by atoms with Crippen LogP contribution in [0.25, 0.3) is 11.3 Å². The van der Waals surface area contributed by atoms with Gasteiger partial charge in [0.15, 0.2) is 6.61 Å². The van der Waals surface area contributed by atoms with E-state index in [0.717, 1.165) is 22.7 Å². The van der Waals surface area contributed by atoms with Crippen LogP contribution >= 0.6 is 11.3 Å². The number of hydrogen-bond acceptors (Lipinski definition) is 5. The number of nitrogens with one attached hydrogen (secondary N) is 1. The van der Waals surface area contributed by atoms with Crippen LogP contribution in [0.5, 0.6) is 5.75 Å². The number of aromatic nitrogens is 1. The van der Waals surface area contributed by atoms with E-state index in [0.29, 0.717) is 11.4 Å². The van der Waals surface area contributed by atoms with Crippen molar-refractivity contribution in [1.82, 2.24) is 10.3 Å². The molecule has 1 aliphatic heterocycles. The monoisotopic (exact) mass is 359 g/mol. The Hall–Kier alpha value is -2.41. The Balaban J connectivity index is 1.88. The van der Waals surface area contributed by atoms with Gasteiger partial charge in [0.25, 0.3) is 5.91 Å². The first-order valence-electron chi connectivity index (χ1n) is 8.27. The van der Waals surface area contributed by atoms with Gasteiger partial charge in [0.2, 0.25) is 5.91 Å². The zero-order valence-corrected chi connectivity index (χ0v) is 15.4. The molecule has 1 aromatic heterocycles. The average Bonchev–Trinajstić information content (AvgIpc) is 3.03. The van der Waals surface area contributed by atoms with E-state index in [1.165, 1.54) is 4.90 Å². The highest BCUT2D eigenvalue weighted by Gasteiger charge is 2.28. The van der Waals surface area contributed by atoms with Crippen LogP contribution in [-0.4, -0.2) is 36.0 Å². The summed E-state index contributed by atoms with van der Waals surface area (Å²) in [6, 6.07) is 5.68. The number of aryl methyl sites for hydroxylation is 1. The largest absolute Gasteiger partial charge is 0.482 e. The molecule has 1 unspecified atom stereocenters. The van der Waals surface area contributed by atoms with E-state index in [9.17, 15) is 9.59 Å². The third kappa shape index (κ3) is 3.82. The summed E-state index contributed by atoms with van der Waals surface area (Å²) < 4.78 is 5.51. The number of hydrogen-bond donors (Lipinski definition) is 1. The topological polar surface area (TPSA) is 71.5 Å². The van der Waals surface area contributed by atoms with Crippen LogP contribution in [0, 0.1) is 6.92 Å². The Morgan fingerprint density at radius 3 is 2.96 bits per heavy atom. The van der Waals surface area contributed by atoms with Crippen LogP contribution in [0.2, 0.25) is 0 Å². The van der Waals surface area contributed by atoms with Gasteiger partial charge in [0.05, 0.1) is 16.4 Å². The fourth-order valence-corrected chi connectivity index (χ4v) is 3.22. The van der Waals surface area contributed by atoms with E-state index in [1.807, 2.05) is 44.4 Å². The fourth-order valence-electron chi connectivity index (χ4n) is 2.60. The predicted octanol–water partition coefficient (Wildman–Crippen LogP) is 2.76. The molecule has 0 aliphatic carbocycles. The number of carbonyl (C=O) groups is 2. The molecule has 1 N–H and O–H groups in total. The average molecular weight is 359 g/mol. The van der Waals surface area contributed by atoms with Crippen LogP contribution in [0.1, 0.15) is 25.3 Å². The van der Waals surface area contributed by atoms with E-state index in [-0.39, 0.29) is 31.0 Å². The molecule has 132 valence electrons. The molecule has 25 heavy (non-hydrogen) atoms. The first-order chi connectivity index (χ1) is 12.0. The summed E-state index contributed by atoms with van der Waals surface area (Å²) in [6.45, 7) is 5.82. The lowest BCUT2D eigenvalue weighted by molar-refractivity contribution is -0.125. The molecule has 1 aliphatic rings.